The lowest BCUT2D eigenvalue weighted by Gasteiger charge is -2.14. The zero-order valence-electron chi connectivity index (χ0n) is 16.6. The number of nitriles is 1. The number of benzene rings is 2. The molecule has 0 saturated carbocycles. The Balaban J connectivity index is 2.14. The molecule has 1 N–H and O–H groups in total. The fourth-order valence-electron chi connectivity index (χ4n) is 2.45. The summed E-state index contributed by atoms with van der Waals surface area (Å²) in [6.07, 6.45) is 1.55. The molecular formula is C23H26N2O3. The van der Waals surface area contributed by atoms with Crippen molar-refractivity contribution in [1.82, 2.24) is 5.32 Å². The van der Waals surface area contributed by atoms with Gasteiger partial charge in [0.15, 0.2) is 11.5 Å². The summed E-state index contributed by atoms with van der Waals surface area (Å²) in [5.74, 6) is 1.23. The summed E-state index contributed by atoms with van der Waals surface area (Å²) in [6.45, 7) is 7.49. The second-order valence-electron chi connectivity index (χ2n) is 6.68. The van der Waals surface area contributed by atoms with E-state index in [4.69, 9.17) is 9.47 Å². The zero-order valence-corrected chi connectivity index (χ0v) is 16.6. The normalized spacial score (nSPS) is 11.0. The quantitative estimate of drug-likeness (QED) is 0.520. The first-order valence-electron chi connectivity index (χ1n) is 9.37. The van der Waals surface area contributed by atoms with Gasteiger partial charge in [0.2, 0.25) is 0 Å². The van der Waals surface area contributed by atoms with E-state index < -0.39 is 5.91 Å². The van der Waals surface area contributed by atoms with Crippen molar-refractivity contribution >= 4 is 12.0 Å². The van der Waals surface area contributed by atoms with Crippen LogP contribution in [0.1, 0.15) is 31.9 Å². The standard InChI is InChI=1S/C23H26N2O3/c1-4-27-22-13-19(10-11-21(22)28-16-17(2)3)12-20(14-24)23(26)25-15-18-8-6-5-7-9-18/h5-13,17H,4,15-16H2,1-3H3,(H,25,26)/b20-12+. The Kier molecular flexibility index (Phi) is 8.11. The number of rotatable bonds is 9. The predicted molar refractivity (Wildman–Crippen MR) is 110 cm³/mol. The lowest BCUT2D eigenvalue weighted by Crippen LogP contribution is -2.23. The lowest BCUT2D eigenvalue weighted by atomic mass is 10.1. The van der Waals surface area contributed by atoms with Gasteiger partial charge in [-0.05, 0) is 42.2 Å². The highest BCUT2D eigenvalue weighted by molar-refractivity contribution is 6.01. The Labute approximate surface area is 166 Å². The van der Waals surface area contributed by atoms with E-state index in [-0.39, 0.29) is 5.57 Å². The van der Waals surface area contributed by atoms with Crippen LogP contribution in [0.3, 0.4) is 0 Å². The highest BCUT2D eigenvalue weighted by atomic mass is 16.5. The van der Waals surface area contributed by atoms with Crippen LogP contribution in [0.5, 0.6) is 11.5 Å². The maximum absolute atomic E-state index is 12.3. The van der Waals surface area contributed by atoms with Gasteiger partial charge in [0.05, 0.1) is 13.2 Å². The molecule has 0 heterocycles. The van der Waals surface area contributed by atoms with Gasteiger partial charge in [-0.15, -0.1) is 0 Å². The number of carbonyl (C=O) groups is 1. The third-order valence-corrected chi connectivity index (χ3v) is 3.81. The van der Waals surface area contributed by atoms with E-state index in [9.17, 15) is 10.1 Å². The molecule has 0 aliphatic rings. The van der Waals surface area contributed by atoms with Crippen LogP contribution in [0.25, 0.3) is 6.08 Å². The molecule has 0 aromatic heterocycles. The van der Waals surface area contributed by atoms with Gasteiger partial charge in [-0.3, -0.25) is 4.79 Å². The van der Waals surface area contributed by atoms with E-state index >= 15 is 0 Å². The first-order valence-corrected chi connectivity index (χ1v) is 9.37. The molecule has 0 saturated heterocycles. The van der Waals surface area contributed by atoms with Crippen molar-refractivity contribution in [2.75, 3.05) is 13.2 Å². The Morgan fingerprint density at radius 3 is 2.54 bits per heavy atom. The topological polar surface area (TPSA) is 71.3 Å². The minimum atomic E-state index is -0.413. The number of amides is 1. The predicted octanol–water partition coefficient (Wildman–Crippen LogP) is 4.34. The molecule has 5 heteroatoms. The third kappa shape index (κ3) is 6.48. The van der Waals surface area contributed by atoms with Crippen LogP contribution in [0.15, 0.2) is 54.1 Å². The summed E-state index contributed by atoms with van der Waals surface area (Å²) in [5.41, 5.74) is 1.71. The van der Waals surface area contributed by atoms with Crippen molar-refractivity contribution in [1.29, 1.82) is 5.26 Å². The van der Waals surface area contributed by atoms with Crippen molar-refractivity contribution < 1.29 is 14.3 Å². The van der Waals surface area contributed by atoms with Gasteiger partial charge in [-0.2, -0.15) is 5.26 Å². The third-order valence-electron chi connectivity index (χ3n) is 3.81. The van der Waals surface area contributed by atoms with E-state index in [0.717, 1.165) is 5.56 Å². The molecule has 0 atom stereocenters. The molecular weight excluding hydrogens is 352 g/mol. The Morgan fingerprint density at radius 2 is 1.89 bits per heavy atom. The van der Waals surface area contributed by atoms with Gasteiger partial charge < -0.3 is 14.8 Å². The van der Waals surface area contributed by atoms with Gasteiger partial charge >= 0.3 is 0 Å². The first-order chi connectivity index (χ1) is 13.5. The van der Waals surface area contributed by atoms with Crippen LogP contribution in [-0.4, -0.2) is 19.1 Å². The molecule has 0 fully saturated rings. The van der Waals surface area contributed by atoms with Crippen molar-refractivity contribution in [2.45, 2.75) is 27.3 Å². The van der Waals surface area contributed by atoms with Crippen LogP contribution >= 0.6 is 0 Å². The monoisotopic (exact) mass is 378 g/mol. The van der Waals surface area contributed by atoms with Crippen LogP contribution in [0.4, 0.5) is 0 Å². The van der Waals surface area contributed by atoms with Gasteiger partial charge in [0.1, 0.15) is 11.6 Å². The van der Waals surface area contributed by atoms with Crippen molar-refractivity contribution in [3.05, 3.63) is 65.2 Å². The molecule has 2 rings (SSSR count). The molecule has 2 aromatic rings. The molecule has 0 aliphatic carbocycles. The summed E-state index contributed by atoms with van der Waals surface area (Å²) in [7, 11) is 0. The summed E-state index contributed by atoms with van der Waals surface area (Å²) < 4.78 is 11.4. The number of carbonyl (C=O) groups excluding carboxylic acids is 1. The molecule has 28 heavy (non-hydrogen) atoms. The molecule has 2 aromatic carbocycles. The first kappa shape index (κ1) is 21.0. The fourth-order valence-corrected chi connectivity index (χ4v) is 2.45. The largest absolute Gasteiger partial charge is 0.490 e. The highest BCUT2D eigenvalue weighted by Crippen LogP contribution is 2.29. The summed E-state index contributed by atoms with van der Waals surface area (Å²) in [6, 6.07) is 16.9. The molecule has 0 aliphatic heterocycles. The van der Waals surface area contributed by atoms with E-state index in [1.165, 1.54) is 0 Å². The van der Waals surface area contributed by atoms with Crippen LogP contribution in [0.2, 0.25) is 0 Å². The van der Waals surface area contributed by atoms with Gasteiger partial charge in [0, 0.05) is 6.54 Å². The molecule has 146 valence electrons. The number of hydrogen-bond acceptors (Lipinski definition) is 4. The Morgan fingerprint density at radius 1 is 1.14 bits per heavy atom. The molecule has 0 radical (unpaired) electrons. The molecule has 0 spiro atoms. The van der Waals surface area contributed by atoms with E-state index in [1.54, 1.807) is 24.3 Å². The zero-order chi connectivity index (χ0) is 20.4. The van der Waals surface area contributed by atoms with Crippen molar-refractivity contribution in [2.24, 2.45) is 5.92 Å². The van der Waals surface area contributed by atoms with Crippen molar-refractivity contribution in [3.8, 4) is 17.6 Å². The maximum Gasteiger partial charge on any atom is 0.262 e. The molecule has 1 amide bonds. The second-order valence-corrected chi connectivity index (χ2v) is 6.68. The average molecular weight is 378 g/mol. The molecule has 0 bridgehead atoms. The molecule has 0 unspecified atom stereocenters. The van der Waals surface area contributed by atoms with Gasteiger partial charge in [-0.1, -0.05) is 50.2 Å². The number of hydrogen-bond donors (Lipinski definition) is 1. The smallest absolute Gasteiger partial charge is 0.262 e. The van der Waals surface area contributed by atoms with Crippen LogP contribution < -0.4 is 14.8 Å². The van der Waals surface area contributed by atoms with Gasteiger partial charge in [-0.25, -0.2) is 0 Å². The number of ether oxygens (including phenoxy) is 2. The second kappa shape index (κ2) is 10.8. The summed E-state index contributed by atoms with van der Waals surface area (Å²) >= 11 is 0. The summed E-state index contributed by atoms with van der Waals surface area (Å²) in [4.78, 5) is 12.3. The lowest BCUT2D eigenvalue weighted by molar-refractivity contribution is -0.117. The SMILES string of the molecule is CCOc1cc(/C=C(\C#N)C(=O)NCc2ccccc2)ccc1OCC(C)C. The number of nitrogens with zero attached hydrogens (tertiary/aromatic N) is 1. The highest BCUT2D eigenvalue weighted by Gasteiger charge is 2.11. The Hall–Kier alpha value is -3.26. The van der Waals surface area contributed by atoms with Crippen molar-refractivity contribution in [3.63, 3.8) is 0 Å². The summed E-state index contributed by atoms with van der Waals surface area (Å²) in [5, 5.41) is 12.2. The van der Waals surface area contributed by atoms with Gasteiger partial charge in [0.25, 0.3) is 5.91 Å². The number of nitrogens with one attached hydrogen (secondary N) is 1. The Bertz CT molecular complexity index is 852. The maximum atomic E-state index is 12.3. The van der Waals surface area contributed by atoms with Crippen LogP contribution in [-0.2, 0) is 11.3 Å². The van der Waals surface area contributed by atoms with Crippen LogP contribution in [0, 0.1) is 17.2 Å². The average Bonchev–Trinajstić information content (AvgIpc) is 2.70. The molecule has 5 nitrogen and oxygen atoms in total. The van der Waals surface area contributed by atoms with E-state index in [0.29, 0.717) is 42.7 Å². The van der Waals surface area contributed by atoms with E-state index in [2.05, 4.69) is 19.2 Å². The minimum Gasteiger partial charge on any atom is -0.490 e. The van der Waals surface area contributed by atoms with E-state index in [1.807, 2.05) is 43.3 Å². The fraction of sp³-hybridized carbons (Fsp3) is 0.304. The minimum absolute atomic E-state index is 0.0363.